The Bertz CT molecular complexity index is 907. The van der Waals surface area contributed by atoms with Crippen molar-refractivity contribution in [3.8, 4) is 0 Å². The van der Waals surface area contributed by atoms with Gasteiger partial charge in [-0.1, -0.05) is 0 Å². The Kier molecular flexibility index (Phi) is 7.97. The normalized spacial score (nSPS) is 25.7. The molecule has 2 N–H and O–H groups in total. The van der Waals surface area contributed by atoms with Crippen LogP contribution in [0.2, 0.25) is 0 Å². The lowest BCUT2D eigenvalue weighted by molar-refractivity contribution is -0.119. The number of nitrogens with one attached hydrogen (secondary N) is 2. The van der Waals surface area contributed by atoms with Crippen LogP contribution in [0.25, 0.3) is 11.0 Å². The maximum atomic E-state index is 13.0. The lowest BCUT2D eigenvalue weighted by Gasteiger charge is -2.33. The molecule has 2 aliphatic rings. The summed E-state index contributed by atoms with van der Waals surface area (Å²) in [5, 5.41) is 7.20. The molecule has 1 aliphatic heterocycles. The van der Waals surface area contributed by atoms with E-state index in [1.807, 2.05) is 6.07 Å². The number of furan rings is 1. The van der Waals surface area contributed by atoms with Gasteiger partial charge in [0.05, 0.1) is 18.8 Å². The number of benzene rings is 1. The monoisotopic (exact) mass is 450 g/mol. The molecule has 2 atom stereocenters. The number of rotatable bonds is 6. The van der Waals surface area contributed by atoms with Crippen molar-refractivity contribution in [3.05, 3.63) is 30.0 Å². The summed E-state index contributed by atoms with van der Waals surface area (Å²) >= 11 is 0. The summed E-state index contributed by atoms with van der Waals surface area (Å²) in [5.41, 5.74) is 1.28. The third-order valence-electron chi connectivity index (χ3n) is 6.47. The van der Waals surface area contributed by atoms with Crippen LogP contribution in [0.3, 0.4) is 0 Å². The highest BCUT2D eigenvalue weighted by molar-refractivity contribution is 5.98. The molecule has 2 aromatic rings. The van der Waals surface area contributed by atoms with Gasteiger partial charge in [0, 0.05) is 18.2 Å². The minimum atomic E-state index is -0.486. The quantitative estimate of drug-likeness (QED) is 0.642. The fourth-order valence-corrected chi connectivity index (χ4v) is 4.91. The van der Waals surface area contributed by atoms with Crippen molar-refractivity contribution in [1.82, 2.24) is 5.32 Å². The summed E-state index contributed by atoms with van der Waals surface area (Å²) in [4.78, 5) is 24.9. The van der Waals surface area contributed by atoms with Crippen molar-refractivity contribution in [2.45, 2.75) is 51.2 Å². The van der Waals surface area contributed by atoms with Gasteiger partial charge in [0.1, 0.15) is 5.58 Å². The largest absolute Gasteiger partial charge is 0.460 e. The highest BCUT2D eigenvalue weighted by Gasteiger charge is 2.39. The number of hydrogen-bond donors (Lipinski definition) is 2. The van der Waals surface area contributed by atoms with Crippen LogP contribution >= 0.6 is 12.4 Å². The zero-order valence-electron chi connectivity index (χ0n) is 18.0. The average molecular weight is 451 g/mol. The van der Waals surface area contributed by atoms with Crippen molar-refractivity contribution < 1.29 is 23.5 Å². The van der Waals surface area contributed by atoms with Gasteiger partial charge >= 0.3 is 5.97 Å². The van der Waals surface area contributed by atoms with E-state index in [0.717, 1.165) is 44.0 Å². The first-order valence-electron chi connectivity index (χ1n) is 10.9. The molecule has 2 heterocycles. The minimum absolute atomic E-state index is 0. The van der Waals surface area contributed by atoms with E-state index in [4.69, 9.17) is 13.9 Å². The highest BCUT2D eigenvalue weighted by Crippen LogP contribution is 2.37. The van der Waals surface area contributed by atoms with E-state index in [0.29, 0.717) is 35.8 Å². The van der Waals surface area contributed by atoms with Crippen LogP contribution in [0.5, 0.6) is 0 Å². The average Bonchev–Trinajstić information content (AvgIpc) is 3.41. The van der Waals surface area contributed by atoms with Gasteiger partial charge < -0.3 is 24.5 Å². The fraction of sp³-hybridized carbons (Fsp3) is 0.565. The second-order valence-corrected chi connectivity index (χ2v) is 8.23. The van der Waals surface area contributed by atoms with Crippen LogP contribution in [0, 0.1) is 11.8 Å². The van der Waals surface area contributed by atoms with Crippen LogP contribution < -0.4 is 10.6 Å². The van der Waals surface area contributed by atoms with Crippen molar-refractivity contribution in [2.24, 2.45) is 11.8 Å². The Morgan fingerprint density at radius 2 is 1.94 bits per heavy atom. The molecule has 7 nitrogen and oxygen atoms in total. The first-order chi connectivity index (χ1) is 14.6. The Morgan fingerprint density at radius 3 is 2.65 bits per heavy atom. The van der Waals surface area contributed by atoms with E-state index in [1.54, 1.807) is 32.2 Å². The number of halogens is 1. The highest BCUT2D eigenvalue weighted by atomic mass is 35.5. The molecule has 1 saturated carbocycles. The molecule has 0 unspecified atom stereocenters. The third-order valence-corrected chi connectivity index (χ3v) is 6.47. The molecule has 1 aliphatic carbocycles. The van der Waals surface area contributed by atoms with Gasteiger partial charge in [0.25, 0.3) is 0 Å². The number of anilines is 1. The van der Waals surface area contributed by atoms with Gasteiger partial charge in [-0.05, 0) is 81.7 Å². The Labute approximate surface area is 188 Å². The summed E-state index contributed by atoms with van der Waals surface area (Å²) < 4.78 is 16.0. The van der Waals surface area contributed by atoms with E-state index in [1.165, 1.54) is 0 Å². The summed E-state index contributed by atoms with van der Waals surface area (Å²) in [5.74, 6) is 0.598. The Hall–Kier alpha value is -2.09. The predicted molar refractivity (Wildman–Crippen MR) is 121 cm³/mol. The van der Waals surface area contributed by atoms with Crippen molar-refractivity contribution in [1.29, 1.82) is 0 Å². The van der Waals surface area contributed by atoms with Gasteiger partial charge in [0.15, 0.2) is 0 Å². The molecule has 1 aromatic carbocycles. The van der Waals surface area contributed by atoms with Crippen molar-refractivity contribution >= 4 is 40.9 Å². The molecule has 0 bridgehead atoms. The molecule has 2 fully saturated rings. The molecular weight excluding hydrogens is 420 g/mol. The molecule has 170 valence electrons. The molecular formula is C23H31ClN2O5. The molecule has 0 spiro atoms. The van der Waals surface area contributed by atoms with Gasteiger partial charge in [-0.2, -0.15) is 0 Å². The van der Waals surface area contributed by atoms with E-state index in [9.17, 15) is 9.59 Å². The van der Waals surface area contributed by atoms with Gasteiger partial charge in [-0.3, -0.25) is 4.79 Å². The van der Waals surface area contributed by atoms with Gasteiger partial charge in [-0.25, -0.2) is 4.79 Å². The second kappa shape index (κ2) is 10.5. The number of amides is 1. The first-order valence-corrected chi connectivity index (χ1v) is 10.9. The number of methoxy groups -OCH3 is 1. The summed E-state index contributed by atoms with van der Waals surface area (Å²) in [6.07, 6.45) is 5.78. The Balaban J connectivity index is 0.00000272. The maximum Gasteiger partial charge on any atom is 0.374 e. The fourth-order valence-electron chi connectivity index (χ4n) is 4.91. The summed E-state index contributed by atoms with van der Waals surface area (Å²) in [6.45, 7) is 2.91. The molecule has 31 heavy (non-hydrogen) atoms. The standard InChI is InChI=1S/C23H30N2O5.ClH/c1-3-29-23(27)20-13-15-12-16(6-9-19(15)30-20)25-22(26)21-18(10-11-24-21)14-4-7-17(28-2)8-5-14;/h6,9,12-14,17-18,21,24H,3-5,7-8,10-11H2,1-2H3,(H,25,26);1H/t14?,17?,18-,21+;/m0./s1. The summed E-state index contributed by atoms with van der Waals surface area (Å²) in [7, 11) is 1.78. The number of carbonyl (C=O) groups is 2. The van der Waals surface area contributed by atoms with Crippen LogP contribution in [0.1, 0.15) is 49.6 Å². The molecule has 4 rings (SSSR count). The minimum Gasteiger partial charge on any atom is -0.460 e. The van der Waals surface area contributed by atoms with Crippen molar-refractivity contribution in [2.75, 3.05) is 25.6 Å². The first kappa shape index (κ1) is 23.6. The van der Waals surface area contributed by atoms with Gasteiger partial charge in [0.2, 0.25) is 11.7 Å². The van der Waals surface area contributed by atoms with Crippen LogP contribution in [0.4, 0.5) is 5.69 Å². The lowest BCUT2D eigenvalue weighted by atomic mass is 9.75. The maximum absolute atomic E-state index is 13.0. The van der Waals surface area contributed by atoms with E-state index < -0.39 is 5.97 Å². The number of hydrogen-bond acceptors (Lipinski definition) is 6. The van der Waals surface area contributed by atoms with Crippen LogP contribution in [0.15, 0.2) is 28.7 Å². The van der Waals surface area contributed by atoms with Crippen LogP contribution in [-0.4, -0.2) is 44.3 Å². The van der Waals surface area contributed by atoms with E-state index in [-0.39, 0.29) is 30.1 Å². The number of ether oxygens (including phenoxy) is 2. The lowest BCUT2D eigenvalue weighted by Crippen LogP contribution is -2.43. The zero-order valence-corrected chi connectivity index (χ0v) is 18.8. The predicted octanol–water partition coefficient (Wildman–Crippen LogP) is 4.15. The Morgan fingerprint density at radius 1 is 1.16 bits per heavy atom. The van der Waals surface area contributed by atoms with Gasteiger partial charge in [-0.15, -0.1) is 12.4 Å². The molecule has 8 heteroatoms. The topological polar surface area (TPSA) is 89.8 Å². The van der Waals surface area contributed by atoms with Crippen molar-refractivity contribution in [3.63, 3.8) is 0 Å². The smallest absolute Gasteiger partial charge is 0.374 e. The molecule has 1 saturated heterocycles. The molecule has 1 amide bonds. The third kappa shape index (κ3) is 5.22. The second-order valence-electron chi connectivity index (χ2n) is 8.23. The SMILES string of the molecule is CCOC(=O)c1cc2cc(NC(=O)[C@@H]3NCC[C@H]3C3CCC(OC)CC3)ccc2o1.Cl. The summed E-state index contributed by atoms with van der Waals surface area (Å²) in [6, 6.07) is 6.86. The number of esters is 1. The van der Waals surface area contributed by atoms with E-state index in [2.05, 4.69) is 10.6 Å². The molecule has 0 radical (unpaired) electrons. The number of fused-ring (bicyclic) bond motifs is 1. The number of carbonyl (C=O) groups excluding carboxylic acids is 2. The van der Waals surface area contributed by atoms with E-state index >= 15 is 0 Å². The molecule has 1 aromatic heterocycles. The zero-order chi connectivity index (χ0) is 21.1. The van der Waals surface area contributed by atoms with Crippen LogP contribution in [-0.2, 0) is 14.3 Å².